The van der Waals surface area contributed by atoms with Crippen LogP contribution in [0, 0.1) is 3.57 Å². The van der Waals surface area contributed by atoms with Crippen molar-refractivity contribution in [1.82, 2.24) is 9.97 Å². The molecule has 0 aliphatic carbocycles. The van der Waals surface area contributed by atoms with Crippen LogP contribution in [0.3, 0.4) is 0 Å². The number of allylic oxidation sites excluding steroid dienone is 1. The van der Waals surface area contributed by atoms with Crippen LogP contribution in [0.15, 0.2) is 23.8 Å². The molecule has 0 unspecified atom stereocenters. The van der Waals surface area contributed by atoms with Crippen LogP contribution in [0.1, 0.15) is 12.8 Å². The van der Waals surface area contributed by atoms with Crippen molar-refractivity contribution in [2.75, 3.05) is 18.5 Å². The minimum absolute atomic E-state index is 0.0869. The van der Waals surface area contributed by atoms with Gasteiger partial charge >= 0.3 is 0 Å². The van der Waals surface area contributed by atoms with E-state index in [1.807, 2.05) is 40.6 Å². The van der Waals surface area contributed by atoms with Crippen molar-refractivity contribution in [1.29, 1.82) is 0 Å². The standard InChI is InChI=1S/C10H14IN3O/c1-3-4-5-6-14(2)9-8(11)10(15)13-7-12-9/h3,7H,1,4-6H2,2H3,(H,12,13,15). The molecule has 0 aromatic carbocycles. The Hall–Kier alpha value is -0.850. The number of aromatic nitrogens is 2. The van der Waals surface area contributed by atoms with Crippen molar-refractivity contribution in [2.45, 2.75) is 12.8 Å². The van der Waals surface area contributed by atoms with Gasteiger partial charge in [0, 0.05) is 13.6 Å². The van der Waals surface area contributed by atoms with Crippen LogP contribution in [0.4, 0.5) is 5.82 Å². The van der Waals surface area contributed by atoms with Gasteiger partial charge in [-0.3, -0.25) is 4.79 Å². The normalized spacial score (nSPS) is 10.0. The molecule has 82 valence electrons. The fraction of sp³-hybridized carbons (Fsp3) is 0.400. The number of H-pyrrole nitrogens is 1. The first-order chi connectivity index (χ1) is 7.16. The summed E-state index contributed by atoms with van der Waals surface area (Å²) >= 11 is 2.01. The number of aromatic amines is 1. The van der Waals surface area contributed by atoms with Crippen molar-refractivity contribution in [2.24, 2.45) is 0 Å². The maximum atomic E-state index is 11.3. The molecule has 0 fully saturated rings. The molecule has 1 N–H and O–H groups in total. The van der Waals surface area contributed by atoms with Gasteiger partial charge in [-0.15, -0.1) is 6.58 Å². The van der Waals surface area contributed by atoms with E-state index in [1.54, 1.807) is 0 Å². The van der Waals surface area contributed by atoms with Crippen LogP contribution < -0.4 is 10.5 Å². The molecule has 0 aliphatic heterocycles. The van der Waals surface area contributed by atoms with E-state index in [2.05, 4.69) is 16.5 Å². The molecule has 0 aliphatic rings. The van der Waals surface area contributed by atoms with Crippen LogP contribution >= 0.6 is 22.6 Å². The maximum absolute atomic E-state index is 11.3. The maximum Gasteiger partial charge on any atom is 0.266 e. The van der Waals surface area contributed by atoms with Gasteiger partial charge in [-0.1, -0.05) is 6.08 Å². The lowest BCUT2D eigenvalue weighted by Gasteiger charge is -2.18. The van der Waals surface area contributed by atoms with E-state index in [9.17, 15) is 4.79 Å². The summed E-state index contributed by atoms with van der Waals surface area (Å²) in [7, 11) is 1.94. The Morgan fingerprint density at radius 1 is 1.73 bits per heavy atom. The van der Waals surface area contributed by atoms with E-state index in [1.165, 1.54) is 6.33 Å². The second kappa shape index (κ2) is 5.89. The highest BCUT2D eigenvalue weighted by Crippen LogP contribution is 2.13. The predicted molar refractivity (Wildman–Crippen MR) is 70.3 cm³/mol. The molecular weight excluding hydrogens is 305 g/mol. The Bertz CT molecular complexity index is 388. The number of hydrogen-bond acceptors (Lipinski definition) is 3. The molecule has 5 heteroatoms. The molecule has 0 amide bonds. The third kappa shape index (κ3) is 3.33. The van der Waals surface area contributed by atoms with E-state index >= 15 is 0 Å². The van der Waals surface area contributed by atoms with Crippen LogP contribution in [0.5, 0.6) is 0 Å². The highest BCUT2D eigenvalue weighted by atomic mass is 127. The summed E-state index contributed by atoms with van der Waals surface area (Å²) in [5.41, 5.74) is -0.0869. The number of unbranched alkanes of at least 4 members (excludes halogenated alkanes) is 1. The average Bonchev–Trinajstić information content (AvgIpc) is 2.22. The lowest BCUT2D eigenvalue weighted by Crippen LogP contribution is -2.24. The van der Waals surface area contributed by atoms with E-state index < -0.39 is 0 Å². The number of rotatable bonds is 5. The molecule has 1 heterocycles. The van der Waals surface area contributed by atoms with Gasteiger partial charge in [-0.2, -0.15) is 0 Å². The van der Waals surface area contributed by atoms with Gasteiger partial charge in [-0.25, -0.2) is 4.98 Å². The Labute approximate surface area is 103 Å². The molecule has 0 saturated carbocycles. The number of nitrogens with one attached hydrogen (secondary N) is 1. The number of hydrogen-bond donors (Lipinski definition) is 1. The van der Waals surface area contributed by atoms with Crippen molar-refractivity contribution < 1.29 is 0 Å². The van der Waals surface area contributed by atoms with E-state index in [4.69, 9.17) is 0 Å². The topological polar surface area (TPSA) is 49.0 Å². The van der Waals surface area contributed by atoms with Crippen molar-refractivity contribution in [3.63, 3.8) is 0 Å². The van der Waals surface area contributed by atoms with Crippen LogP contribution in [0.25, 0.3) is 0 Å². The van der Waals surface area contributed by atoms with Crippen molar-refractivity contribution >= 4 is 28.4 Å². The minimum atomic E-state index is -0.0869. The zero-order valence-corrected chi connectivity index (χ0v) is 10.8. The highest BCUT2D eigenvalue weighted by molar-refractivity contribution is 14.1. The zero-order valence-electron chi connectivity index (χ0n) is 8.66. The van der Waals surface area contributed by atoms with Gasteiger partial charge in [0.15, 0.2) is 0 Å². The predicted octanol–water partition coefficient (Wildman–Crippen LogP) is 1.78. The molecule has 0 atom stereocenters. The SMILES string of the molecule is C=CCCCN(C)c1nc[nH]c(=O)c1I. The third-order valence-electron chi connectivity index (χ3n) is 2.04. The highest BCUT2D eigenvalue weighted by Gasteiger charge is 2.08. The molecule has 1 aromatic rings. The molecule has 1 rings (SSSR count). The first-order valence-electron chi connectivity index (χ1n) is 4.72. The Balaban J connectivity index is 2.73. The lowest BCUT2D eigenvalue weighted by molar-refractivity contribution is 0.786. The summed E-state index contributed by atoms with van der Waals surface area (Å²) in [6.45, 7) is 4.54. The Morgan fingerprint density at radius 2 is 2.47 bits per heavy atom. The summed E-state index contributed by atoms with van der Waals surface area (Å²) in [4.78, 5) is 20.0. The zero-order chi connectivity index (χ0) is 11.3. The second-order valence-corrected chi connectivity index (χ2v) is 4.30. The largest absolute Gasteiger partial charge is 0.359 e. The van der Waals surface area contributed by atoms with Crippen LogP contribution in [-0.4, -0.2) is 23.6 Å². The summed E-state index contributed by atoms with van der Waals surface area (Å²) in [6, 6.07) is 0. The van der Waals surface area contributed by atoms with Crippen LogP contribution in [-0.2, 0) is 0 Å². The number of anilines is 1. The molecule has 0 spiro atoms. The monoisotopic (exact) mass is 319 g/mol. The minimum Gasteiger partial charge on any atom is -0.359 e. The second-order valence-electron chi connectivity index (χ2n) is 3.22. The smallest absolute Gasteiger partial charge is 0.266 e. The summed E-state index contributed by atoms with van der Waals surface area (Å²) in [5, 5.41) is 0. The molecule has 1 aromatic heterocycles. The molecular formula is C10H14IN3O. The molecule has 0 bridgehead atoms. The first-order valence-corrected chi connectivity index (χ1v) is 5.80. The average molecular weight is 319 g/mol. The van der Waals surface area contributed by atoms with Crippen molar-refractivity contribution in [3.05, 3.63) is 32.9 Å². The van der Waals surface area contributed by atoms with Crippen LogP contribution in [0.2, 0.25) is 0 Å². The van der Waals surface area contributed by atoms with E-state index in [0.717, 1.165) is 25.2 Å². The van der Waals surface area contributed by atoms with Gasteiger partial charge in [-0.05, 0) is 35.4 Å². The van der Waals surface area contributed by atoms with Gasteiger partial charge in [0.05, 0.1) is 6.33 Å². The summed E-state index contributed by atoms with van der Waals surface area (Å²) in [6.07, 6.45) is 5.32. The van der Waals surface area contributed by atoms with E-state index in [-0.39, 0.29) is 5.56 Å². The number of nitrogens with zero attached hydrogens (tertiary/aromatic N) is 2. The first kappa shape index (κ1) is 12.2. The van der Waals surface area contributed by atoms with E-state index in [0.29, 0.717) is 3.57 Å². The van der Waals surface area contributed by atoms with Gasteiger partial charge < -0.3 is 9.88 Å². The number of halogens is 1. The fourth-order valence-corrected chi connectivity index (χ4v) is 1.93. The van der Waals surface area contributed by atoms with Gasteiger partial charge in [0.1, 0.15) is 9.39 Å². The van der Waals surface area contributed by atoms with Gasteiger partial charge in [0.2, 0.25) is 0 Å². The van der Waals surface area contributed by atoms with Crippen molar-refractivity contribution in [3.8, 4) is 0 Å². The molecule has 0 radical (unpaired) electrons. The molecule has 4 nitrogen and oxygen atoms in total. The summed E-state index contributed by atoms with van der Waals surface area (Å²) < 4.78 is 0.635. The summed E-state index contributed by atoms with van der Waals surface area (Å²) in [5.74, 6) is 0.739. The van der Waals surface area contributed by atoms with Gasteiger partial charge in [0.25, 0.3) is 5.56 Å². The molecule has 0 saturated heterocycles. The fourth-order valence-electron chi connectivity index (χ4n) is 1.22. The Morgan fingerprint density at radius 3 is 3.13 bits per heavy atom. The molecule has 15 heavy (non-hydrogen) atoms. The quantitative estimate of drug-likeness (QED) is 0.511. The Kier molecular flexibility index (Phi) is 4.80. The third-order valence-corrected chi connectivity index (χ3v) is 3.01. The lowest BCUT2D eigenvalue weighted by atomic mass is 10.3.